The number of halogens is 3. The second kappa shape index (κ2) is 13.1. The molecular formula is C38H32F3NO5. The topological polar surface area (TPSA) is 89.5 Å². The highest BCUT2D eigenvalue weighted by Crippen LogP contribution is 2.39. The van der Waals surface area contributed by atoms with E-state index in [1.807, 2.05) is 19.9 Å². The smallest absolute Gasteiger partial charge is 0.416 e. The molecule has 7 aromatic rings. The Balaban J connectivity index is 0.000000822. The van der Waals surface area contributed by atoms with E-state index in [2.05, 4.69) is 13.8 Å². The third-order valence-corrected chi connectivity index (χ3v) is 7.57. The normalized spacial score (nSPS) is 11.4. The number of rotatable bonds is 4. The van der Waals surface area contributed by atoms with Gasteiger partial charge in [0.15, 0.2) is 0 Å². The fourth-order valence-electron chi connectivity index (χ4n) is 5.61. The zero-order chi connectivity index (χ0) is 34.0. The molecule has 7 rings (SSSR count). The standard InChI is InChI=1S/C33H18F3NO5.C3H8.C2H6/c34-33(35,36)20-6-3-18(4-7-20)19-5-13-26-25(16-19)22-10-11-23-29-24(12-14-27(42-26)30(22)29)32(41)37(31(23)40)21-8-1-17(2-9-21)15-28(38)39;1-3-2;1-2/h1-14,16H,15H2,(H,38,39);3H2,1-2H3;1-2H3. The minimum absolute atomic E-state index is 0.183. The lowest BCUT2D eigenvalue weighted by atomic mass is 9.95. The molecule has 0 amide bonds. The summed E-state index contributed by atoms with van der Waals surface area (Å²) in [6, 6.07) is 23.2. The van der Waals surface area contributed by atoms with E-state index in [1.54, 1.807) is 60.7 Å². The molecule has 240 valence electrons. The van der Waals surface area contributed by atoms with Gasteiger partial charge in [0, 0.05) is 26.9 Å². The SMILES string of the molecule is CC.CCC.O=C(O)Cc1ccc(-n2c(=O)c3ccc4oc5ccc(-c6ccc(C(F)(F)F)cc6)cc5c5ccc(c2=O)c3c45)cc1. The lowest BCUT2D eigenvalue weighted by molar-refractivity contribution is -0.138. The number of carboxylic acid groups (broad SMARTS) is 1. The van der Waals surface area contributed by atoms with Gasteiger partial charge in [-0.05, 0) is 76.7 Å². The van der Waals surface area contributed by atoms with Crippen LogP contribution in [-0.2, 0) is 17.4 Å². The molecule has 0 unspecified atom stereocenters. The van der Waals surface area contributed by atoms with Crippen LogP contribution in [0.25, 0.3) is 60.3 Å². The maximum atomic E-state index is 13.7. The number of hydrogen-bond donors (Lipinski definition) is 1. The molecular weight excluding hydrogens is 607 g/mol. The summed E-state index contributed by atoms with van der Waals surface area (Å²) < 4.78 is 46.4. The molecule has 5 aromatic carbocycles. The largest absolute Gasteiger partial charge is 0.481 e. The van der Waals surface area contributed by atoms with E-state index in [0.29, 0.717) is 60.5 Å². The quantitative estimate of drug-likeness (QED) is 0.153. The Morgan fingerprint density at radius 2 is 1.23 bits per heavy atom. The van der Waals surface area contributed by atoms with Crippen LogP contribution in [0.4, 0.5) is 13.2 Å². The van der Waals surface area contributed by atoms with Gasteiger partial charge in [-0.25, -0.2) is 4.57 Å². The van der Waals surface area contributed by atoms with Gasteiger partial charge in [0.25, 0.3) is 11.1 Å². The highest BCUT2D eigenvalue weighted by molar-refractivity contribution is 6.26. The van der Waals surface area contributed by atoms with Crippen molar-refractivity contribution in [1.29, 1.82) is 0 Å². The molecule has 0 aliphatic heterocycles. The van der Waals surface area contributed by atoms with Crippen molar-refractivity contribution in [2.45, 2.75) is 46.7 Å². The summed E-state index contributed by atoms with van der Waals surface area (Å²) in [6.45, 7) is 8.25. The molecule has 0 saturated heterocycles. The fourth-order valence-corrected chi connectivity index (χ4v) is 5.61. The van der Waals surface area contributed by atoms with E-state index in [-0.39, 0.29) is 6.42 Å². The Hall–Kier alpha value is -5.44. The van der Waals surface area contributed by atoms with Crippen molar-refractivity contribution in [2.24, 2.45) is 0 Å². The van der Waals surface area contributed by atoms with Gasteiger partial charge in [-0.3, -0.25) is 14.4 Å². The van der Waals surface area contributed by atoms with E-state index in [1.165, 1.54) is 18.6 Å². The Kier molecular flexibility index (Phi) is 9.19. The monoisotopic (exact) mass is 639 g/mol. The molecule has 47 heavy (non-hydrogen) atoms. The number of nitrogens with zero attached hydrogens (tertiary/aromatic N) is 1. The average molecular weight is 640 g/mol. The third-order valence-electron chi connectivity index (χ3n) is 7.57. The van der Waals surface area contributed by atoms with E-state index < -0.39 is 28.8 Å². The van der Waals surface area contributed by atoms with Crippen molar-refractivity contribution in [3.63, 3.8) is 0 Å². The van der Waals surface area contributed by atoms with Crippen LogP contribution in [0.5, 0.6) is 0 Å². The number of carboxylic acids is 1. The van der Waals surface area contributed by atoms with Gasteiger partial charge in [-0.15, -0.1) is 0 Å². The Bertz CT molecular complexity index is 2300. The summed E-state index contributed by atoms with van der Waals surface area (Å²) in [7, 11) is 0. The number of carbonyl (C=O) groups is 1. The molecule has 2 heterocycles. The number of fused-ring (bicyclic) bond motifs is 2. The number of pyridine rings is 1. The van der Waals surface area contributed by atoms with Crippen LogP contribution in [0, 0.1) is 0 Å². The van der Waals surface area contributed by atoms with Gasteiger partial charge in [0.1, 0.15) is 11.2 Å². The minimum atomic E-state index is -4.43. The summed E-state index contributed by atoms with van der Waals surface area (Å²) in [6.07, 6.45) is -3.37. The van der Waals surface area contributed by atoms with Crippen molar-refractivity contribution in [3.05, 3.63) is 123 Å². The predicted octanol–water partition coefficient (Wildman–Crippen LogP) is 9.60. The summed E-state index contributed by atoms with van der Waals surface area (Å²) in [5.74, 6) is -0.989. The number of aliphatic carboxylic acids is 1. The Labute approximate surface area is 267 Å². The summed E-state index contributed by atoms with van der Waals surface area (Å²) in [5.41, 5.74) is 1.37. The maximum absolute atomic E-state index is 13.7. The fraction of sp³-hybridized carbons (Fsp3) is 0.184. The second-order valence-corrected chi connectivity index (χ2v) is 10.8. The number of benzene rings is 5. The van der Waals surface area contributed by atoms with Crippen LogP contribution in [0.2, 0.25) is 0 Å². The van der Waals surface area contributed by atoms with Gasteiger partial charge >= 0.3 is 12.1 Å². The highest BCUT2D eigenvalue weighted by atomic mass is 19.4. The van der Waals surface area contributed by atoms with Crippen LogP contribution in [0.1, 0.15) is 45.2 Å². The van der Waals surface area contributed by atoms with Gasteiger partial charge in [-0.2, -0.15) is 13.2 Å². The first-order valence-corrected chi connectivity index (χ1v) is 15.3. The van der Waals surface area contributed by atoms with Crippen molar-refractivity contribution >= 4 is 49.5 Å². The lowest BCUT2D eigenvalue weighted by Gasteiger charge is -2.15. The van der Waals surface area contributed by atoms with Gasteiger partial charge < -0.3 is 9.52 Å². The zero-order valence-corrected chi connectivity index (χ0v) is 26.2. The van der Waals surface area contributed by atoms with E-state index in [4.69, 9.17) is 9.52 Å². The Morgan fingerprint density at radius 1 is 0.702 bits per heavy atom. The molecule has 1 N–H and O–H groups in total. The third kappa shape index (κ3) is 6.08. The molecule has 0 aliphatic rings. The number of aromatic nitrogens is 1. The number of hydrogen-bond acceptors (Lipinski definition) is 4. The molecule has 0 bridgehead atoms. The molecule has 0 aliphatic carbocycles. The van der Waals surface area contributed by atoms with Gasteiger partial charge in [0.05, 0.1) is 17.7 Å². The van der Waals surface area contributed by atoms with Crippen LogP contribution in [0.3, 0.4) is 0 Å². The van der Waals surface area contributed by atoms with Gasteiger partial charge in [0.2, 0.25) is 0 Å². The first-order chi connectivity index (χ1) is 22.5. The van der Waals surface area contributed by atoms with Gasteiger partial charge in [-0.1, -0.05) is 70.5 Å². The molecule has 0 fully saturated rings. The zero-order valence-electron chi connectivity index (χ0n) is 26.2. The predicted molar refractivity (Wildman–Crippen MR) is 181 cm³/mol. The van der Waals surface area contributed by atoms with Crippen LogP contribution < -0.4 is 11.1 Å². The van der Waals surface area contributed by atoms with E-state index >= 15 is 0 Å². The molecule has 0 atom stereocenters. The highest BCUT2D eigenvalue weighted by Gasteiger charge is 2.30. The van der Waals surface area contributed by atoms with Crippen molar-refractivity contribution in [1.82, 2.24) is 4.57 Å². The lowest BCUT2D eigenvalue weighted by Crippen LogP contribution is -2.31. The van der Waals surface area contributed by atoms with Crippen LogP contribution in [0.15, 0.2) is 105 Å². The molecule has 9 heteroatoms. The van der Waals surface area contributed by atoms with Crippen molar-refractivity contribution in [3.8, 4) is 16.8 Å². The van der Waals surface area contributed by atoms with Crippen molar-refractivity contribution < 1.29 is 27.5 Å². The average Bonchev–Trinajstić information content (AvgIpc) is 3.06. The summed E-state index contributed by atoms with van der Waals surface area (Å²) >= 11 is 0. The first-order valence-electron chi connectivity index (χ1n) is 15.3. The first kappa shape index (κ1) is 32.9. The van der Waals surface area contributed by atoms with E-state index in [9.17, 15) is 27.6 Å². The molecule has 6 nitrogen and oxygen atoms in total. The molecule has 2 aromatic heterocycles. The van der Waals surface area contributed by atoms with Crippen LogP contribution in [-0.4, -0.2) is 15.6 Å². The Morgan fingerprint density at radius 3 is 1.81 bits per heavy atom. The summed E-state index contributed by atoms with van der Waals surface area (Å²) in [4.78, 5) is 38.4. The van der Waals surface area contributed by atoms with Crippen molar-refractivity contribution in [2.75, 3.05) is 0 Å². The second-order valence-electron chi connectivity index (χ2n) is 10.8. The maximum Gasteiger partial charge on any atom is 0.416 e. The summed E-state index contributed by atoms with van der Waals surface area (Å²) in [5, 5.41) is 12.1. The molecule has 0 saturated carbocycles. The molecule has 0 spiro atoms. The van der Waals surface area contributed by atoms with E-state index in [0.717, 1.165) is 22.1 Å². The minimum Gasteiger partial charge on any atom is -0.481 e. The molecule has 0 radical (unpaired) electrons. The van der Waals surface area contributed by atoms with Crippen LogP contribution >= 0.6 is 0 Å². The number of alkyl halides is 3.